The van der Waals surface area contributed by atoms with Crippen molar-refractivity contribution in [2.24, 2.45) is 0 Å². The molecular weight excluding hydrogens is 154 g/mol. The van der Waals surface area contributed by atoms with Gasteiger partial charge in [-0.25, -0.2) is 4.79 Å². The van der Waals surface area contributed by atoms with Crippen LogP contribution in [0.3, 0.4) is 0 Å². The van der Waals surface area contributed by atoms with E-state index in [1.165, 1.54) is 0 Å². The second-order valence-electron chi connectivity index (χ2n) is 2.26. The number of hydroxylamine groups is 2. The van der Waals surface area contributed by atoms with Crippen LogP contribution in [0.2, 0.25) is 0 Å². The van der Waals surface area contributed by atoms with E-state index in [1.807, 2.05) is 0 Å². The van der Waals surface area contributed by atoms with Crippen LogP contribution in [-0.2, 0) is 4.84 Å². The van der Waals surface area contributed by atoms with Crippen LogP contribution in [0, 0.1) is 0 Å². The van der Waals surface area contributed by atoms with E-state index in [9.17, 15) is 4.79 Å². The zero-order valence-electron chi connectivity index (χ0n) is 5.67. The van der Waals surface area contributed by atoms with E-state index in [-0.39, 0.29) is 0 Å². The molecule has 11 heavy (non-hydrogen) atoms. The molecule has 2 atom stereocenters. The number of aliphatic hydroxyl groups is 2. The van der Waals surface area contributed by atoms with Crippen LogP contribution < -0.4 is 0 Å². The normalized spacial score (nSPS) is 32.2. The Labute approximate surface area is 62.6 Å². The Morgan fingerprint density at radius 1 is 1.36 bits per heavy atom. The van der Waals surface area contributed by atoms with Crippen LogP contribution in [0.15, 0.2) is 0 Å². The first-order valence-corrected chi connectivity index (χ1v) is 3.16. The molecule has 0 aliphatic carbocycles. The van der Waals surface area contributed by atoms with E-state index in [4.69, 9.17) is 15.3 Å². The smallest absolute Gasteiger partial charge is 0.448 e. The molecule has 0 aromatic heterocycles. The average Bonchev–Trinajstić information content (AvgIpc) is 2.18. The lowest BCUT2D eigenvalue weighted by Gasteiger charge is -2.19. The van der Waals surface area contributed by atoms with Crippen LogP contribution in [-0.4, -0.2) is 39.0 Å². The predicted molar refractivity (Wildman–Crippen MR) is 32.2 cm³/mol. The highest BCUT2D eigenvalue weighted by molar-refractivity contribution is 5.56. The van der Waals surface area contributed by atoms with Crippen molar-refractivity contribution in [1.29, 1.82) is 0 Å². The Hall–Kier alpha value is -0.850. The summed E-state index contributed by atoms with van der Waals surface area (Å²) in [7, 11) is 0. The maximum Gasteiger partial charge on any atom is 0.525 e. The lowest BCUT2D eigenvalue weighted by molar-refractivity contribution is -0.244. The standard InChI is InChI=1S/C5H9NO5/c7-3-1-2-4(8)6(3)11-5(9)10/h3-4,7-8H,1-2H2,(H,9,10). The SMILES string of the molecule is O=C(O)ON1C(O)CCC1O. The van der Waals surface area contributed by atoms with E-state index in [0.717, 1.165) is 0 Å². The third-order valence-electron chi connectivity index (χ3n) is 1.45. The van der Waals surface area contributed by atoms with Gasteiger partial charge in [0.25, 0.3) is 0 Å². The summed E-state index contributed by atoms with van der Waals surface area (Å²) < 4.78 is 0. The maximum absolute atomic E-state index is 9.96. The molecule has 0 aromatic rings. The van der Waals surface area contributed by atoms with E-state index in [1.54, 1.807) is 0 Å². The Balaban J connectivity index is 2.47. The molecule has 1 aliphatic rings. The highest BCUT2D eigenvalue weighted by atomic mass is 16.8. The van der Waals surface area contributed by atoms with Gasteiger partial charge in [-0.1, -0.05) is 5.06 Å². The predicted octanol–water partition coefficient (Wildman–Crippen LogP) is -0.671. The topological polar surface area (TPSA) is 90.2 Å². The minimum Gasteiger partial charge on any atom is -0.448 e. The first-order chi connectivity index (χ1) is 5.11. The fourth-order valence-corrected chi connectivity index (χ4v) is 0.963. The van der Waals surface area contributed by atoms with E-state index in [0.29, 0.717) is 17.9 Å². The lowest BCUT2D eigenvalue weighted by atomic mass is 10.3. The van der Waals surface area contributed by atoms with Gasteiger partial charge in [-0.2, -0.15) is 0 Å². The molecule has 0 saturated carbocycles. The summed E-state index contributed by atoms with van der Waals surface area (Å²) in [4.78, 5) is 14.0. The Morgan fingerprint density at radius 3 is 2.18 bits per heavy atom. The molecule has 6 heteroatoms. The molecule has 64 valence electrons. The number of carbonyl (C=O) groups is 1. The summed E-state index contributed by atoms with van der Waals surface area (Å²) in [5, 5.41) is 26.8. The second-order valence-corrected chi connectivity index (χ2v) is 2.26. The van der Waals surface area contributed by atoms with E-state index < -0.39 is 18.6 Å². The van der Waals surface area contributed by atoms with E-state index in [2.05, 4.69) is 4.84 Å². The maximum atomic E-state index is 9.96. The van der Waals surface area contributed by atoms with Crippen molar-refractivity contribution in [3.05, 3.63) is 0 Å². The van der Waals surface area contributed by atoms with Crippen molar-refractivity contribution in [3.63, 3.8) is 0 Å². The Kier molecular flexibility index (Phi) is 2.28. The minimum atomic E-state index is -1.54. The summed E-state index contributed by atoms with van der Waals surface area (Å²) in [6.45, 7) is 0. The van der Waals surface area contributed by atoms with Crippen molar-refractivity contribution in [3.8, 4) is 0 Å². The number of carboxylic acid groups (broad SMARTS) is 1. The summed E-state index contributed by atoms with van der Waals surface area (Å²) >= 11 is 0. The summed E-state index contributed by atoms with van der Waals surface area (Å²) in [5.41, 5.74) is 0. The van der Waals surface area contributed by atoms with Crippen LogP contribution >= 0.6 is 0 Å². The second kappa shape index (κ2) is 3.04. The quantitative estimate of drug-likeness (QED) is 0.475. The van der Waals surface area contributed by atoms with Crippen molar-refractivity contribution in [2.75, 3.05) is 0 Å². The number of rotatable bonds is 1. The molecule has 0 amide bonds. The molecular formula is C5H9NO5. The largest absolute Gasteiger partial charge is 0.525 e. The lowest BCUT2D eigenvalue weighted by Crippen LogP contribution is -2.37. The van der Waals surface area contributed by atoms with Gasteiger partial charge in [-0.3, -0.25) is 0 Å². The molecule has 1 rings (SSSR count). The summed E-state index contributed by atoms with van der Waals surface area (Å²) in [5.74, 6) is 0. The van der Waals surface area contributed by atoms with Crippen LogP contribution in [0.4, 0.5) is 4.79 Å². The fourth-order valence-electron chi connectivity index (χ4n) is 0.963. The molecule has 1 aliphatic heterocycles. The monoisotopic (exact) mass is 163 g/mol. The molecule has 1 heterocycles. The number of hydrogen-bond acceptors (Lipinski definition) is 5. The number of nitrogens with zero attached hydrogens (tertiary/aromatic N) is 1. The zero-order valence-corrected chi connectivity index (χ0v) is 5.67. The molecule has 0 aromatic carbocycles. The van der Waals surface area contributed by atoms with Crippen LogP contribution in [0.5, 0.6) is 0 Å². The third kappa shape index (κ3) is 1.79. The van der Waals surface area contributed by atoms with Crippen molar-refractivity contribution >= 4 is 6.16 Å². The minimum absolute atomic E-state index is 0.314. The molecule has 2 unspecified atom stereocenters. The highest BCUT2D eigenvalue weighted by Gasteiger charge is 2.34. The summed E-state index contributed by atoms with van der Waals surface area (Å²) in [6, 6.07) is 0. The molecule has 6 nitrogen and oxygen atoms in total. The van der Waals surface area contributed by atoms with Crippen molar-refractivity contribution in [2.45, 2.75) is 25.3 Å². The highest BCUT2D eigenvalue weighted by Crippen LogP contribution is 2.20. The van der Waals surface area contributed by atoms with Gasteiger partial charge in [0.05, 0.1) is 0 Å². The van der Waals surface area contributed by atoms with E-state index >= 15 is 0 Å². The molecule has 0 spiro atoms. The Bertz CT molecular complexity index is 151. The molecule has 0 bridgehead atoms. The van der Waals surface area contributed by atoms with Gasteiger partial charge >= 0.3 is 6.16 Å². The van der Waals surface area contributed by atoms with Gasteiger partial charge in [0, 0.05) is 0 Å². The van der Waals surface area contributed by atoms with Crippen LogP contribution in [0.25, 0.3) is 0 Å². The molecule has 1 fully saturated rings. The summed E-state index contributed by atoms with van der Waals surface area (Å²) in [6.07, 6.45) is -2.96. The van der Waals surface area contributed by atoms with Gasteiger partial charge in [0.2, 0.25) is 0 Å². The van der Waals surface area contributed by atoms with Crippen molar-refractivity contribution < 1.29 is 25.0 Å². The first kappa shape index (κ1) is 8.25. The number of aliphatic hydroxyl groups excluding tert-OH is 2. The van der Waals surface area contributed by atoms with Crippen molar-refractivity contribution in [1.82, 2.24) is 5.06 Å². The van der Waals surface area contributed by atoms with Gasteiger partial charge in [-0.05, 0) is 12.8 Å². The molecule has 1 saturated heterocycles. The third-order valence-corrected chi connectivity index (χ3v) is 1.45. The van der Waals surface area contributed by atoms with Gasteiger partial charge in [0.1, 0.15) is 12.5 Å². The fraction of sp³-hybridized carbons (Fsp3) is 0.800. The molecule has 3 N–H and O–H groups in total. The molecule has 0 radical (unpaired) electrons. The van der Waals surface area contributed by atoms with Gasteiger partial charge in [0.15, 0.2) is 0 Å². The van der Waals surface area contributed by atoms with Crippen LogP contribution in [0.1, 0.15) is 12.8 Å². The average molecular weight is 163 g/mol. The first-order valence-electron chi connectivity index (χ1n) is 3.16. The number of hydrogen-bond donors (Lipinski definition) is 3. The van der Waals surface area contributed by atoms with Gasteiger partial charge in [-0.15, -0.1) is 0 Å². The Morgan fingerprint density at radius 2 is 1.82 bits per heavy atom. The van der Waals surface area contributed by atoms with Gasteiger partial charge < -0.3 is 20.2 Å². The zero-order chi connectivity index (χ0) is 8.43.